The van der Waals surface area contributed by atoms with Crippen molar-refractivity contribution < 1.29 is 9.90 Å². The standard InChI is InChI=1S/C13H11N5O3/c14-11-10-9(17-18-11)5-8(16-12(10)19)6-1-3-7(4-2-6)15-13(20)21/h1-5,15H,(H,16,19)(H,20,21)(H3,14,17,18). The smallest absolute Gasteiger partial charge is 0.409 e. The predicted molar refractivity (Wildman–Crippen MR) is 78.2 cm³/mol. The number of carbonyl (C=O) groups is 1. The van der Waals surface area contributed by atoms with Crippen molar-refractivity contribution in [3.05, 3.63) is 40.7 Å². The highest BCUT2D eigenvalue weighted by Gasteiger charge is 2.09. The third-order valence-electron chi connectivity index (χ3n) is 3.03. The maximum absolute atomic E-state index is 12.0. The molecule has 1 amide bonds. The number of nitrogens with one attached hydrogen (secondary N) is 3. The van der Waals surface area contributed by atoms with Gasteiger partial charge in [0.25, 0.3) is 5.56 Å². The van der Waals surface area contributed by atoms with E-state index in [1.54, 1.807) is 30.3 Å². The number of H-pyrrole nitrogens is 2. The third kappa shape index (κ3) is 2.29. The summed E-state index contributed by atoms with van der Waals surface area (Å²) in [7, 11) is 0. The summed E-state index contributed by atoms with van der Waals surface area (Å²) in [5.41, 5.74) is 7.58. The summed E-state index contributed by atoms with van der Waals surface area (Å²) in [6, 6.07) is 8.32. The van der Waals surface area contributed by atoms with Crippen LogP contribution in [0.15, 0.2) is 35.1 Å². The van der Waals surface area contributed by atoms with Gasteiger partial charge in [0.1, 0.15) is 5.39 Å². The third-order valence-corrected chi connectivity index (χ3v) is 3.03. The fourth-order valence-corrected chi connectivity index (χ4v) is 2.09. The molecule has 0 bridgehead atoms. The van der Waals surface area contributed by atoms with Crippen molar-refractivity contribution in [2.75, 3.05) is 11.1 Å². The lowest BCUT2D eigenvalue weighted by Crippen LogP contribution is -2.08. The second kappa shape index (κ2) is 4.67. The van der Waals surface area contributed by atoms with Crippen LogP contribution in [0.5, 0.6) is 0 Å². The topological polar surface area (TPSA) is 137 Å². The molecule has 0 saturated heterocycles. The van der Waals surface area contributed by atoms with Crippen LogP contribution in [0.1, 0.15) is 0 Å². The minimum absolute atomic E-state index is 0.152. The number of nitrogens with zero attached hydrogens (tertiary/aromatic N) is 1. The monoisotopic (exact) mass is 285 g/mol. The van der Waals surface area contributed by atoms with Gasteiger partial charge in [0, 0.05) is 5.69 Å². The van der Waals surface area contributed by atoms with Crippen molar-refractivity contribution >= 4 is 28.5 Å². The molecule has 3 aromatic rings. The van der Waals surface area contributed by atoms with Crippen LogP contribution in [0.4, 0.5) is 16.3 Å². The highest BCUT2D eigenvalue weighted by Crippen LogP contribution is 2.22. The quantitative estimate of drug-likeness (QED) is 0.487. The van der Waals surface area contributed by atoms with Gasteiger partial charge in [-0.1, -0.05) is 12.1 Å². The number of amides is 1. The van der Waals surface area contributed by atoms with Gasteiger partial charge in [-0.2, -0.15) is 5.10 Å². The maximum Gasteiger partial charge on any atom is 0.409 e. The normalized spacial score (nSPS) is 10.7. The van der Waals surface area contributed by atoms with Gasteiger partial charge >= 0.3 is 6.09 Å². The Morgan fingerprint density at radius 2 is 2.00 bits per heavy atom. The number of rotatable bonds is 2. The number of hydrogen-bond acceptors (Lipinski definition) is 4. The van der Waals surface area contributed by atoms with E-state index in [4.69, 9.17) is 10.8 Å². The summed E-state index contributed by atoms with van der Waals surface area (Å²) in [6.45, 7) is 0. The first kappa shape index (κ1) is 12.7. The van der Waals surface area contributed by atoms with Gasteiger partial charge in [-0.05, 0) is 23.8 Å². The number of anilines is 2. The number of benzene rings is 1. The molecular weight excluding hydrogens is 274 g/mol. The number of pyridine rings is 1. The van der Waals surface area contributed by atoms with Crippen molar-refractivity contribution in [2.45, 2.75) is 0 Å². The highest BCUT2D eigenvalue weighted by molar-refractivity contribution is 5.90. The van der Waals surface area contributed by atoms with E-state index >= 15 is 0 Å². The zero-order valence-corrected chi connectivity index (χ0v) is 10.7. The molecule has 1 aromatic carbocycles. The molecular formula is C13H11N5O3. The Balaban J connectivity index is 2.04. The van der Waals surface area contributed by atoms with Crippen LogP contribution in [0.2, 0.25) is 0 Å². The molecule has 0 aliphatic rings. The molecule has 3 rings (SSSR count). The van der Waals surface area contributed by atoms with Gasteiger partial charge in [0.15, 0.2) is 5.82 Å². The number of hydrogen-bond donors (Lipinski definition) is 5. The fourth-order valence-electron chi connectivity index (χ4n) is 2.09. The van der Waals surface area contributed by atoms with Gasteiger partial charge in [-0.25, -0.2) is 4.79 Å². The number of nitrogen functional groups attached to an aromatic ring is 1. The summed E-state index contributed by atoms with van der Waals surface area (Å²) >= 11 is 0. The van der Waals surface area contributed by atoms with Crippen molar-refractivity contribution in [3.8, 4) is 11.3 Å². The number of nitrogens with two attached hydrogens (primary N) is 1. The van der Waals surface area contributed by atoms with E-state index in [0.29, 0.717) is 22.3 Å². The molecule has 0 atom stereocenters. The van der Waals surface area contributed by atoms with Crippen molar-refractivity contribution in [1.82, 2.24) is 15.2 Å². The van der Waals surface area contributed by atoms with Gasteiger partial charge in [-0.15, -0.1) is 0 Å². The molecule has 0 aliphatic carbocycles. The van der Waals surface area contributed by atoms with Gasteiger partial charge < -0.3 is 15.8 Å². The molecule has 8 heteroatoms. The zero-order valence-electron chi connectivity index (χ0n) is 10.7. The molecule has 0 spiro atoms. The lowest BCUT2D eigenvalue weighted by atomic mass is 10.1. The van der Waals surface area contributed by atoms with Crippen LogP contribution in [0.3, 0.4) is 0 Å². The summed E-state index contributed by atoms with van der Waals surface area (Å²) in [5.74, 6) is 0.152. The molecule has 8 nitrogen and oxygen atoms in total. The van der Waals surface area contributed by atoms with Gasteiger partial charge in [0.05, 0.1) is 11.2 Å². The highest BCUT2D eigenvalue weighted by atomic mass is 16.4. The summed E-state index contributed by atoms with van der Waals surface area (Å²) in [5, 5.41) is 17.7. The molecule has 6 N–H and O–H groups in total. The summed E-state index contributed by atoms with van der Waals surface area (Å²) in [4.78, 5) is 25.2. The van der Waals surface area contributed by atoms with E-state index in [1.165, 1.54) is 0 Å². The minimum Gasteiger partial charge on any atom is -0.465 e. The second-order valence-electron chi connectivity index (χ2n) is 4.42. The Hall–Kier alpha value is -3.29. The predicted octanol–water partition coefficient (Wildman–Crippen LogP) is 1.59. The zero-order chi connectivity index (χ0) is 15.0. The largest absolute Gasteiger partial charge is 0.465 e. The van der Waals surface area contributed by atoms with Gasteiger partial charge in [-0.3, -0.25) is 15.2 Å². The Bertz CT molecular complexity index is 879. The van der Waals surface area contributed by atoms with Gasteiger partial charge in [0.2, 0.25) is 0 Å². The molecule has 0 fully saturated rings. The van der Waals surface area contributed by atoms with Crippen molar-refractivity contribution in [1.29, 1.82) is 0 Å². The lowest BCUT2D eigenvalue weighted by molar-refractivity contribution is 0.210. The van der Waals surface area contributed by atoms with Crippen molar-refractivity contribution in [2.24, 2.45) is 0 Å². The van der Waals surface area contributed by atoms with E-state index in [0.717, 1.165) is 5.56 Å². The van der Waals surface area contributed by atoms with Crippen LogP contribution >= 0.6 is 0 Å². The first-order chi connectivity index (χ1) is 10.0. The van der Waals surface area contributed by atoms with Crippen LogP contribution in [0.25, 0.3) is 22.2 Å². The molecule has 21 heavy (non-hydrogen) atoms. The van der Waals surface area contributed by atoms with E-state index < -0.39 is 6.09 Å². The molecule has 0 unspecified atom stereocenters. The molecule has 2 heterocycles. The second-order valence-corrected chi connectivity index (χ2v) is 4.42. The van der Waals surface area contributed by atoms with Crippen LogP contribution in [0, 0.1) is 0 Å². The van der Waals surface area contributed by atoms with Crippen LogP contribution in [-0.2, 0) is 0 Å². The Morgan fingerprint density at radius 3 is 2.67 bits per heavy atom. The number of aromatic nitrogens is 3. The average molecular weight is 285 g/mol. The number of fused-ring (bicyclic) bond motifs is 1. The first-order valence-corrected chi connectivity index (χ1v) is 6.02. The minimum atomic E-state index is -1.13. The van der Waals surface area contributed by atoms with E-state index in [9.17, 15) is 9.59 Å². The first-order valence-electron chi connectivity index (χ1n) is 6.02. The molecule has 2 aromatic heterocycles. The van der Waals surface area contributed by atoms with E-state index in [2.05, 4.69) is 20.5 Å². The Kier molecular flexibility index (Phi) is 2.83. The molecule has 0 saturated carbocycles. The lowest BCUT2D eigenvalue weighted by Gasteiger charge is -2.04. The van der Waals surface area contributed by atoms with E-state index in [-0.39, 0.29) is 11.4 Å². The summed E-state index contributed by atoms with van der Waals surface area (Å²) < 4.78 is 0. The summed E-state index contributed by atoms with van der Waals surface area (Å²) in [6.07, 6.45) is -1.13. The Morgan fingerprint density at radius 1 is 1.29 bits per heavy atom. The fraction of sp³-hybridized carbons (Fsp3) is 0. The van der Waals surface area contributed by atoms with Crippen LogP contribution < -0.4 is 16.6 Å². The number of carboxylic acid groups (broad SMARTS) is 1. The Labute approximate surface area is 117 Å². The SMILES string of the molecule is Nc1n[nH]c2cc(-c3ccc(NC(=O)O)cc3)[nH]c(=O)c12. The number of aromatic amines is 2. The van der Waals surface area contributed by atoms with Crippen LogP contribution in [-0.4, -0.2) is 26.4 Å². The van der Waals surface area contributed by atoms with Crippen molar-refractivity contribution in [3.63, 3.8) is 0 Å². The molecule has 0 aliphatic heterocycles. The average Bonchev–Trinajstić information content (AvgIpc) is 2.81. The van der Waals surface area contributed by atoms with E-state index in [1.807, 2.05) is 0 Å². The molecule has 106 valence electrons. The maximum atomic E-state index is 12.0. The molecule has 0 radical (unpaired) electrons.